The van der Waals surface area contributed by atoms with Crippen molar-refractivity contribution in [1.29, 1.82) is 0 Å². The molecule has 1 aromatic carbocycles. The minimum absolute atomic E-state index is 0.0536. The zero-order chi connectivity index (χ0) is 26.5. The highest BCUT2D eigenvalue weighted by Gasteiger charge is 2.45. The first-order valence-electron chi connectivity index (χ1n) is 14.0. The van der Waals surface area contributed by atoms with Gasteiger partial charge in [-0.2, -0.15) is 0 Å². The third-order valence-electron chi connectivity index (χ3n) is 9.24. The lowest BCUT2D eigenvalue weighted by atomic mass is 9.93. The van der Waals surface area contributed by atoms with Crippen molar-refractivity contribution < 1.29 is 18.3 Å². The predicted octanol–water partition coefficient (Wildman–Crippen LogP) is 4.68. The number of piperidine rings is 1. The van der Waals surface area contributed by atoms with Crippen LogP contribution in [0.25, 0.3) is 0 Å². The maximum Gasteiger partial charge on any atom is 0.259 e. The van der Waals surface area contributed by atoms with E-state index in [2.05, 4.69) is 15.5 Å². The van der Waals surface area contributed by atoms with E-state index in [1.165, 1.54) is 12.8 Å². The first kappa shape index (κ1) is 25.6. The fraction of sp³-hybridized carbons (Fsp3) is 0.586. The molecule has 1 aliphatic heterocycles. The molecule has 204 valence electrons. The van der Waals surface area contributed by atoms with E-state index < -0.39 is 9.84 Å². The van der Waals surface area contributed by atoms with E-state index in [0.29, 0.717) is 51.6 Å². The fourth-order valence-corrected chi connectivity index (χ4v) is 8.23. The van der Waals surface area contributed by atoms with Crippen LogP contribution in [0.4, 0.5) is 17.3 Å². The molecule has 3 saturated carbocycles. The summed E-state index contributed by atoms with van der Waals surface area (Å²) in [5, 5.41) is 15.8. The molecule has 9 heteroatoms. The van der Waals surface area contributed by atoms with Gasteiger partial charge in [0.2, 0.25) is 0 Å². The summed E-state index contributed by atoms with van der Waals surface area (Å²) < 4.78 is 26.6. The smallest absolute Gasteiger partial charge is 0.259 e. The molecule has 3 aliphatic carbocycles. The van der Waals surface area contributed by atoms with E-state index in [-0.39, 0.29) is 23.3 Å². The normalized spacial score (nSPS) is 21.9. The fourth-order valence-electron chi connectivity index (χ4n) is 6.11. The number of aliphatic hydroxyl groups is 1. The highest BCUT2D eigenvalue weighted by Crippen LogP contribution is 2.54. The molecule has 38 heavy (non-hydrogen) atoms. The predicted molar refractivity (Wildman–Crippen MR) is 149 cm³/mol. The molecule has 1 spiro atoms. The minimum atomic E-state index is -3.44. The number of amides is 1. The maximum atomic E-state index is 13.6. The molecule has 3 N–H and O–H groups in total. The quantitative estimate of drug-likeness (QED) is 0.448. The first-order chi connectivity index (χ1) is 18.2. The van der Waals surface area contributed by atoms with Gasteiger partial charge in [-0.05, 0) is 93.5 Å². The molecule has 0 bridgehead atoms. The lowest BCUT2D eigenvalue weighted by Crippen LogP contribution is -2.36. The van der Waals surface area contributed by atoms with E-state index in [9.17, 15) is 18.3 Å². The number of nitrogens with one attached hydrogen (secondary N) is 2. The zero-order valence-electron chi connectivity index (χ0n) is 22.1. The summed E-state index contributed by atoms with van der Waals surface area (Å²) in [6.45, 7) is 3.58. The van der Waals surface area contributed by atoms with E-state index in [1.807, 2.05) is 6.92 Å². The molecule has 0 unspecified atom stereocenters. The standard InChI is InChI=1S/C29H38N4O4S/c1-20-6-7-21(18-24(20)38(36,37)22-4-2-3-5-22)30-27(35)23-8-9-25(32-29(19-34)12-13-29)31-26(23)33-16-14-28(10-11-28)15-17-33/h6-9,18,22,34H,2-5,10-17,19H2,1H3,(H,30,35)(H,31,32). The van der Waals surface area contributed by atoms with Gasteiger partial charge in [-0.25, -0.2) is 13.4 Å². The molecule has 1 aromatic heterocycles. The number of carbonyl (C=O) groups excluding carboxylic acids is 1. The number of rotatable bonds is 8. The average Bonchev–Trinajstić information content (AvgIpc) is 3.80. The Hall–Kier alpha value is -2.65. The van der Waals surface area contributed by atoms with Crippen molar-refractivity contribution in [2.75, 3.05) is 35.2 Å². The lowest BCUT2D eigenvalue weighted by molar-refractivity contribution is 0.102. The maximum absolute atomic E-state index is 13.6. The Labute approximate surface area is 225 Å². The largest absolute Gasteiger partial charge is 0.394 e. The average molecular weight is 539 g/mol. The molecule has 2 heterocycles. The van der Waals surface area contributed by atoms with Gasteiger partial charge in [0.15, 0.2) is 9.84 Å². The number of hydrogen-bond donors (Lipinski definition) is 3. The number of sulfone groups is 1. The van der Waals surface area contributed by atoms with Crippen LogP contribution in [0.3, 0.4) is 0 Å². The van der Waals surface area contributed by atoms with Crippen molar-refractivity contribution >= 4 is 33.1 Å². The number of nitrogens with zero attached hydrogens (tertiary/aromatic N) is 2. The Bertz CT molecular complexity index is 1330. The number of aliphatic hydroxyl groups excluding tert-OH is 1. The molecule has 6 rings (SSSR count). The second-order valence-corrected chi connectivity index (χ2v) is 14.2. The monoisotopic (exact) mass is 538 g/mol. The highest BCUT2D eigenvalue weighted by atomic mass is 32.2. The molecule has 8 nitrogen and oxygen atoms in total. The van der Waals surface area contributed by atoms with Gasteiger partial charge < -0.3 is 20.6 Å². The summed E-state index contributed by atoms with van der Waals surface area (Å²) in [6.07, 6.45) is 9.87. The van der Waals surface area contributed by atoms with Gasteiger partial charge >= 0.3 is 0 Å². The van der Waals surface area contributed by atoms with E-state index in [4.69, 9.17) is 4.98 Å². The van der Waals surface area contributed by atoms with E-state index in [1.54, 1.807) is 30.3 Å². The second kappa shape index (κ2) is 9.52. The van der Waals surface area contributed by atoms with E-state index in [0.717, 1.165) is 51.6 Å². The van der Waals surface area contributed by atoms with Crippen LogP contribution >= 0.6 is 0 Å². The van der Waals surface area contributed by atoms with Gasteiger partial charge in [-0.15, -0.1) is 0 Å². The third kappa shape index (κ3) is 4.91. The first-order valence-corrected chi connectivity index (χ1v) is 15.6. The Balaban J connectivity index is 1.27. The summed E-state index contributed by atoms with van der Waals surface area (Å²) >= 11 is 0. The van der Waals surface area contributed by atoms with Crippen molar-refractivity contribution in [2.24, 2.45) is 5.41 Å². The Morgan fingerprint density at radius 2 is 1.76 bits per heavy atom. The molecule has 2 aromatic rings. The number of aromatic nitrogens is 1. The van der Waals surface area contributed by atoms with Crippen molar-refractivity contribution in [2.45, 2.75) is 86.8 Å². The highest BCUT2D eigenvalue weighted by molar-refractivity contribution is 7.92. The number of aryl methyl sites for hydroxylation is 1. The molecule has 0 atom stereocenters. The minimum Gasteiger partial charge on any atom is -0.394 e. The molecule has 4 aliphatic rings. The summed E-state index contributed by atoms with van der Waals surface area (Å²) in [7, 11) is -3.44. The number of benzene rings is 1. The van der Waals surface area contributed by atoms with Gasteiger partial charge in [0, 0.05) is 18.8 Å². The summed E-state index contributed by atoms with van der Waals surface area (Å²) in [6, 6.07) is 8.73. The van der Waals surface area contributed by atoms with Gasteiger partial charge in [-0.1, -0.05) is 18.9 Å². The summed E-state index contributed by atoms with van der Waals surface area (Å²) in [4.78, 5) is 21.0. The van der Waals surface area contributed by atoms with Crippen LogP contribution in [-0.2, 0) is 9.84 Å². The van der Waals surface area contributed by atoms with Crippen LogP contribution in [0.15, 0.2) is 35.2 Å². The molecule has 4 fully saturated rings. The van der Waals surface area contributed by atoms with Gasteiger partial charge in [-0.3, -0.25) is 4.79 Å². The Morgan fingerprint density at radius 1 is 1.05 bits per heavy atom. The molecular weight excluding hydrogens is 500 g/mol. The lowest BCUT2D eigenvalue weighted by Gasteiger charge is -2.34. The number of anilines is 3. The number of pyridine rings is 1. The van der Waals surface area contributed by atoms with Crippen molar-refractivity contribution in [3.8, 4) is 0 Å². The zero-order valence-corrected chi connectivity index (χ0v) is 22.9. The molecule has 1 saturated heterocycles. The van der Waals surface area contributed by atoms with Crippen LogP contribution in [0.5, 0.6) is 0 Å². The van der Waals surface area contributed by atoms with Crippen LogP contribution in [0.1, 0.15) is 80.1 Å². The number of hydrogen-bond acceptors (Lipinski definition) is 7. The van der Waals surface area contributed by atoms with Gasteiger partial charge in [0.25, 0.3) is 5.91 Å². The SMILES string of the molecule is Cc1ccc(NC(=O)c2ccc(NC3(CO)CC3)nc2N2CCC3(CC2)CC3)cc1S(=O)(=O)C1CCCC1. The van der Waals surface area contributed by atoms with Gasteiger partial charge in [0.1, 0.15) is 11.6 Å². The van der Waals surface area contributed by atoms with Crippen LogP contribution < -0.4 is 15.5 Å². The van der Waals surface area contributed by atoms with Crippen molar-refractivity contribution in [3.63, 3.8) is 0 Å². The van der Waals surface area contributed by atoms with E-state index >= 15 is 0 Å². The topological polar surface area (TPSA) is 112 Å². The molecule has 0 radical (unpaired) electrons. The molecular formula is C29H38N4O4S. The van der Waals surface area contributed by atoms with Crippen LogP contribution in [0, 0.1) is 12.3 Å². The Morgan fingerprint density at radius 3 is 2.39 bits per heavy atom. The van der Waals surface area contributed by atoms with Crippen molar-refractivity contribution in [1.82, 2.24) is 4.98 Å². The van der Waals surface area contributed by atoms with Crippen LogP contribution in [0.2, 0.25) is 0 Å². The Kier molecular flexibility index (Phi) is 6.42. The molecule has 1 amide bonds. The third-order valence-corrected chi connectivity index (χ3v) is 11.6. The van der Waals surface area contributed by atoms with Gasteiger partial charge in [0.05, 0.1) is 27.9 Å². The second-order valence-electron chi connectivity index (χ2n) is 12.0. The van der Waals surface area contributed by atoms with Crippen LogP contribution in [-0.4, -0.2) is 54.9 Å². The summed E-state index contributed by atoms with van der Waals surface area (Å²) in [5.41, 5.74) is 1.83. The summed E-state index contributed by atoms with van der Waals surface area (Å²) in [5.74, 6) is 1.000. The van der Waals surface area contributed by atoms with Crippen molar-refractivity contribution in [3.05, 3.63) is 41.5 Å². The number of carbonyl (C=O) groups is 1.